The van der Waals surface area contributed by atoms with Crippen LogP contribution in [0.4, 0.5) is 0 Å². The second-order valence-electron chi connectivity index (χ2n) is 4.20. The van der Waals surface area contributed by atoms with Crippen molar-refractivity contribution in [3.8, 4) is 0 Å². The minimum atomic E-state index is -0.373. The monoisotopic (exact) mass is 238 g/mol. The number of amides is 1. The molecule has 0 aliphatic rings. The van der Waals surface area contributed by atoms with Gasteiger partial charge in [0.1, 0.15) is 5.56 Å². The molecule has 1 atom stereocenters. The lowest BCUT2D eigenvalue weighted by atomic mass is 10.0. The summed E-state index contributed by atoms with van der Waals surface area (Å²) in [6.07, 6.45) is 2.90. The predicted octanol–water partition coefficient (Wildman–Crippen LogP) is 0.776. The first-order valence-electron chi connectivity index (χ1n) is 5.53. The fraction of sp³-hybridized carbons (Fsp3) is 0.500. The van der Waals surface area contributed by atoms with Gasteiger partial charge >= 0.3 is 0 Å². The van der Waals surface area contributed by atoms with E-state index in [9.17, 15) is 9.59 Å². The maximum absolute atomic E-state index is 11.9. The second kappa shape index (κ2) is 6.20. The van der Waals surface area contributed by atoms with E-state index in [4.69, 9.17) is 4.74 Å². The number of rotatable bonds is 5. The third-order valence-electron chi connectivity index (χ3n) is 2.54. The van der Waals surface area contributed by atoms with Crippen LogP contribution < -0.4 is 10.7 Å². The molecule has 94 valence electrons. The zero-order chi connectivity index (χ0) is 12.8. The highest BCUT2D eigenvalue weighted by Crippen LogP contribution is 2.03. The Kier molecular flexibility index (Phi) is 4.90. The van der Waals surface area contributed by atoms with Gasteiger partial charge in [-0.25, -0.2) is 0 Å². The van der Waals surface area contributed by atoms with Crippen molar-refractivity contribution in [3.63, 3.8) is 0 Å². The van der Waals surface area contributed by atoms with Gasteiger partial charge in [0.25, 0.3) is 5.91 Å². The third-order valence-corrected chi connectivity index (χ3v) is 2.54. The molecular weight excluding hydrogens is 220 g/mol. The van der Waals surface area contributed by atoms with E-state index in [1.54, 1.807) is 7.11 Å². The molecule has 1 rings (SSSR count). The topological polar surface area (TPSA) is 71.2 Å². The van der Waals surface area contributed by atoms with Crippen molar-refractivity contribution in [1.82, 2.24) is 10.3 Å². The molecule has 0 saturated heterocycles. The summed E-state index contributed by atoms with van der Waals surface area (Å²) in [5.41, 5.74) is -0.171. The molecule has 2 N–H and O–H groups in total. The van der Waals surface area contributed by atoms with Crippen LogP contribution in [-0.2, 0) is 4.74 Å². The van der Waals surface area contributed by atoms with Crippen LogP contribution in [0.1, 0.15) is 24.2 Å². The molecule has 0 aliphatic heterocycles. The maximum atomic E-state index is 11.9. The van der Waals surface area contributed by atoms with Gasteiger partial charge in [-0.05, 0) is 5.92 Å². The molecule has 0 radical (unpaired) electrons. The lowest BCUT2D eigenvalue weighted by Gasteiger charge is -2.21. The van der Waals surface area contributed by atoms with Crippen LogP contribution in [0.15, 0.2) is 23.3 Å². The standard InChI is InChI=1S/C12H18N2O3/c1-8(2)10(7-17-3)14-12(16)9-6-13-5-4-11(9)15/h4-6,8,10H,7H2,1-3H3,(H,13,15)(H,14,16). The molecule has 0 aliphatic carbocycles. The Morgan fingerprint density at radius 1 is 1.53 bits per heavy atom. The summed E-state index contributed by atoms with van der Waals surface area (Å²) in [6, 6.07) is 1.22. The van der Waals surface area contributed by atoms with Gasteiger partial charge < -0.3 is 15.0 Å². The average Bonchev–Trinajstić information content (AvgIpc) is 2.28. The number of carbonyl (C=O) groups is 1. The van der Waals surface area contributed by atoms with E-state index >= 15 is 0 Å². The lowest BCUT2D eigenvalue weighted by Crippen LogP contribution is -2.43. The smallest absolute Gasteiger partial charge is 0.257 e. The number of hydrogen-bond donors (Lipinski definition) is 2. The number of pyridine rings is 1. The van der Waals surface area contributed by atoms with Crippen molar-refractivity contribution in [3.05, 3.63) is 34.2 Å². The maximum Gasteiger partial charge on any atom is 0.257 e. The summed E-state index contributed by atoms with van der Waals surface area (Å²) in [4.78, 5) is 26.1. The van der Waals surface area contributed by atoms with E-state index in [2.05, 4.69) is 10.3 Å². The van der Waals surface area contributed by atoms with E-state index in [0.717, 1.165) is 0 Å². The summed E-state index contributed by atoms with van der Waals surface area (Å²) in [5, 5.41) is 2.79. The van der Waals surface area contributed by atoms with Crippen LogP contribution in [0.2, 0.25) is 0 Å². The fourth-order valence-corrected chi connectivity index (χ4v) is 1.42. The number of H-pyrrole nitrogens is 1. The molecule has 0 bridgehead atoms. The summed E-state index contributed by atoms with van der Waals surface area (Å²) < 4.78 is 5.03. The summed E-state index contributed by atoms with van der Waals surface area (Å²) in [5.74, 6) is -0.135. The molecule has 1 unspecified atom stereocenters. The van der Waals surface area contributed by atoms with Gasteiger partial charge in [-0.3, -0.25) is 9.59 Å². The number of ether oxygens (including phenoxy) is 1. The normalized spacial score (nSPS) is 12.5. The van der Waals surface area contributed by atoms with Gasteiger partial charge in [0.15, 0.2) is 5.43 Å². The third kappa shape index (κ3) is 3.71. The van der Waals surface area contributed by atoms with Crippen LogP contribution in [0, 0.1) is 5.92 Å². The van der Waals surface area contributed by atoms with E-state index in [1.807, 2.05) is 13.8 Å². The number of nitrogens with one attached hydrogen (secondary N) is 2. The highest BCUT2D eigenvalue weighted by molar-refractivity contribution is 5.93. The molecule has 1 aromatic heterocycles. The van der Waals surface area contributed by atoms with Crippen molar-refractivity contribution >= 4 is 5.91 Å². The van der Waals surface area contributed by atoms with Crippen molar-refractivity contribution < 1.29 is 9.53 Å². The molecule has 17 heavy (non-hydrogen) atoms. The van der Waals surface area contributed by atoms with Gasteiger partial charge in [0.05, 0.1) is 12.6 Å². The molecule has 0 aromatic carbocycles. The minimum Gasteiger partial charge on any atom is -0.383 e. The zero-order valence-electron chi connectivity index (χ0n) is 10.3. The fourth-order valence-electron chi connectivity index (χ4n) is 1.42. The number of methoxy groups -OCH3 is 1. The second-order valence-corrected chi connectivity index (χ2v) is 4.20. The summed E-state index contributed by atoms with van der Waals surface area (Å²) in [7, 11) is 1.58. The number of aromatic amines is 1. The van der Waals surface area contributed by atoms with Gasteiger partial charge in [-0.2, -0.15) is 0 Å². The van der Waals surface area contributed by atoms with Crippen LogP contribution in [0.3, 0.4) is 0 Å². The summed E-state index contributed by atoms with van der Waals surface area (Å²) >= 11 is 0. The molecule has 5 heteroatoms. The first kappa shape index (κ1) is 13.4. The Hall–Kier alpha value is -1.62. The molecule has 1 aromatic rings. The number of aromatic nitrogens is 1. The van der Waals surface area contributed by atoms with E-state index < -0.39 is 0 Å². The molecule has 1 heterocycles. The number of hydrogen-bond acceptors (Lipinski definition) is 3. The Bertz CT molecular complexity index is 426. The predicted molar refractivity (Wildman–Crippen MR) is 65.0 cm³/mol. The Balaban J connectivity index is 2.78. The Labute approximate surface area is 100 Å². The largest absolute Gasteiger partial charge is 0.383 e. The van der Waals surface area contributed by atoms with Gasteiger partial charge in [0, 0.05) is 25.6 Å². The van der Waals surface area contributed by atoms with Crippen LogP contribution in [0.5, 0.6) is 0 Å². The molecular formula is C12H18N2O3. The molecule has 1 amide bonds. The van der Waals surface area contributed by atoms with Crippen LogP contribution >= 0.6 is 0 Å². The zero-order valence-corrected chi connectivity index (χ0v) is 10.3. The quantitative estimate of drug-likeness (QED) is 0.796. The van der Waals surface area contributed by atoms with Crippen LogP contribution in [-0.4, -0.2) is 30.6 Å². The highest BCUT2D eigenvalue weighted by Gasteiger charge is 2.18. The SMILES string of the molecule is COCC(NC(=O)c1c[nH]ccc1=O)C(C)C. The Morgan fingerprint density at radius 3 is 2.76 bits per heavy atom. The van der Waals surface area contributed by atoms with E-state index in [-0.39, 0.29) is 28.9 Å². The molecule has 0 saturated carbocycles. The molecule has 5 nitrogen and oxygen atoms in total. The van der Waals surface area contributed by atoms with Gasteiger partial charge in [-0.1, -0.05) is 13.8 Å². The van der Waals surface area contributed by atoms with Crippen molar-refractivity contribution in [2.45, 2.75) is 19.9 Å². The minimum absolute atomic E-state index is 0.105. The van der Waals surface area contributed by atoms with Crippen molar-refractivity contribution in [2.24, 2.45) is 5.92 Å². The first-order valence-corrected chi connectivity index (χ1v) is 5.53. The van der Waals surface area contributed by atoms with E-state index in [0.29, 0.717) is 6.61 Å². The average molecular weight is 238 g/mol. The first-order chi connectivity index (χ1) is 8.06. The Morgan fingerprint density at radius 2 is 2.24 bits per heavy atom. The molecule has 0 spiro atoms. The lowest BCUT2D eigenvalue weighted by molar-refractivity contribution is 0.0865. The van der Waals surface area contributed by atoms with Gasteiger partial charge in [0.2, 0.25) is 0 Å². The summed E-state index contributed by atoms with van der Waals surface area (Å²) in [6.45, 7) is 4.40. The number of carbonyl (C=O) groups excluding carboxylic acids is 1. The highest BCUT2D eigenvalue weighted by atomic mass is 16.5. The van der Waals surface area contributed by atoms with Crippen molar-refractivity contribution in [1.29, 1.82) is 0 Å². The van der Waals surface area contributed by atoms with Crippen molar-refractivity contribution in [2.75, 3.05) is 13.7 Å². The van der Waals surface area contributed by atoms with Gasteiger partial charge in [-0.15, -0.1) is 0 Å². The van der Waals surface area contributed by atoms with E-state index in [1.165, 1.54) is 18.5 Å². The van der Waals surface area contributed by atoms with Crippen LogP contribution in [0.25, 0.3) is 0 Å². The molecule has 0 fully saturated rings.